The van der Waals surface area contributed by atoms with Crippen LogP contribution >= 0.6 is 23.5 Å². The minimum atomic E-state index is -4.82. The molecule has 0 spiro atoms. The number of carbonyl (C=O) groups excluding carboxylic acids is 1. The van der Waals surface area contributed by atoms with E-state index in [1.165, 1.54) is 13.0 Å². The Balaban J connectivity index is 1.91. The van der Waals surface area contributed by atoms with Crippen molar-refractivity contribution >= 4 is 41.2 Å². The number of hydrogen-bond acceptors (Lipinski definition) is 6. The fourth-order valence-corrected chi connectivity index (χ4v) is 4.25. The van der Waals surface area contributed by atoms with Gasteiger partial charge in [0, 0.05) is 18.3 Å². The van der Waals surface area contributed by atoms with Crippen molar-refractivity contribution < 1.29 is 27.1 Å². The molecule has 0 bridgehead atoms. The normalized spacial score (nSPS) is 14.4. The number of nitrogens with one attached hydrogen (secondary N) is 2. The maximum absolute atomic E-state index is 13.6. The van der Waals surface area contributed by atoms with Crippen LogP contribution in [-0.4, -0.2) is 28.0 Å². The molecule has 1 amide bonds. The number of ether oxygens (including phenoxy) is 1. The lowest BCUT2D eigenvalue weighted by Crippen LogP contribution is -2.30. The van der Waals surface area contributed by atoms with Gasteiger partial charge in [0.25, 0.3) is 5.91 Å². The van der Waals surface area contributed by atoms with Crippen LogP contribution in [0.2, 0.25) is 5.02 Å². The molecule has 1 aliphatic rings. The molecule has 0 aliphatic carbocycles. The second-order valence-electron chi connectivity index (χ2n) is 6.63. The van der Waals surface area contributed by atoms with E-state index in [0.717, 1.165) is 24.4 Å². The van der Waals surface area contributed by atoms with Crippen molar-refractivity contribution in [2.24, 2.45) is 0 Å². The molecule has 3 rings (SSSR count). The Bertz CT molecular complexity index is 1100. The van der Waals surface area contributed by atoms with Crippen molar-refractivity contribution in [3.05, 3.63) is 46.3 Å². The van der Waals surface area contributed by atoms with Gasteiger partial charge in [0.2, 0.25) is 5.95 Å². The molecule has 0 aromatic carbocycles. The predicted molar refractivity (Wildman–Crippen MR) is 110 cm³/mol. The number of rotatable bonds is 6. The Kier molecular flexibility index (Phi) is 7.45. The highest BCUT2D eigenvalue weighted by atomic mass is 35.5. The van der Waals surface area contributed by atoms with E-state index in [4.69, 9.17) is 16.9 Å². The van der Waals surface area contributed by atoms with Crippen molar-refractivity contribution in [1.29, 1.82) is 5.26 Å². The summed E-state index contributed by atoms with van der Waals surface area (Å²) < 4.78 is 58.9. The first-order chi connectivity index (χ1) is 15.1. The third-order valence-electron chi connectivity index (χ3n) is 4.25. The Morgan fingerprint density at radius 3 is 2.88 bits per heavy atom. The minimum absolute atomic E-state index is 0.00866. The Labute approximate surface area is 189 Å². The van der Waals surface area contributed by atoms with E-state index in [2.05, 4.69) is 19.8 Å². The van der Waals surface area contributed by atoms with Crippen LogP contribution in [0.4, 0.5) is 23.2 Å². The molecule has 0 saturated carbocycles. The SMILES string of the molecule is CC(NSc1c(Cl)c(C(=O)Nc2cc(F)nc(C#N)c2)n2c1C=CCCC2)OC(F)(F)F. The number of carbonyl (C=O) groups is 1. The first kappa shape index (κ1) is 24.1. The number of alkyl halides is 3. The van der Waals surface area contributed by atoms with Gasteiger partial charge in [0.1, 0.15) is 23.7 Å². The summed E-state index contributed by atoms with van der Waals surface area (Å²) >= 11 is 7.26. The van der Waals surface area contributed by atoms with Crippen LogP contribution in [0.5, 0.6) is 0 Å². The molecule has 2 N–H and O–H groups in total. The Hall–Kier alpha value is -2.59. The van der Waals surface area contributed by atoms with Crippen LogP contribution in [0.3, 0.4) is 0 Å². The molecule has 170 valence electrons. The fraction of sp³-hybridized carbons (Fsp3) is 0.316. The summed E-state index contributed by atoms with van der Waals surface area (Å²) in [6.45, 7) is 1.60. The summed E-state index contributed by atoms with van der Waals surface area (Å²) in [5.41, 5.74) is 0.377. The molecule has 7 nitrogen and oxygen atoms in total. The summed E-state index contributed by atoms with van der Waals surface area (Å²) in [5, 5.41) is 11.4. The molecule has 1 unspecified atom stereocenters. The molecule has 1 aliphatic heterocycles. The zero-order chi connectivity index (χ0) is 23.5. The van der Waals surface area contributed by atoms with Crippen molar-refractivity contribution in [3.63, 3.8) is 0 Å². The van der Waals surface area contributed by atoms with E-state index < -0.39 is 24.4 Å². The van der Waals surface area contributed by atoms with Gasteiger partial charge in [-0.05, 0) is 43.9 Å². The van der Waals surface area contributed by atoms with Gasteiger partial charge in [-0.25, -0.2) is 9.71 Å². The lowest BCUT2D eigenvalue weighted by atomic mass is 10.3. The molecular formula is C19H16ClF4N5O2S. The van der Waals surface area contributed by atoms with Gasteiger partial charge in [-0.2, -0.15) is 9.65 Å². The number of fused-ring (bicyclic) bond motifs is 1. The number of nitriles is 1. The van der Waals surface area contributed by atoms with E-state index in [-0.39, 0.29) is 22.1 Å². The summed E-state index contributed by atoms with van der Waals surface area (Å²) in [5.74, 6) is -1.62. The van der Waals surface area contributed by atoms with Crippen LogP contribution in [-0.2, 0) is 11.3 Å². The number of anilines is 1. The van der Waals surface area contributed by atoms with E-state index in [9.17, 15) is 22.4 Å². The van der Waals surface area contributed by atoms with E-state index in [1.807, 2.05) is 6.08 Å². The minimum Gasteiger partial charge on any atom is -0.335 e. The molecule has 2 aromatic heterocycles. The van der Waals surface area contributed by atoms with Gasteiger partial charge in [-0.15, -0.1) is 13.2 Å². The van der Waals surface area contributed by atoms with Gasteiger partial charge in [0.15, 0.2) is 0 Å². The number of allylic oxidation sites excluding steroid dienone is 1. The summed E-state index contributed by atoms with van der Waals surface area (Å²) in [4.78, 5) is 16.7. The number of amides is 1. The summed E-state index contributed by atoms with van der Waals surface area (Å²) in [6, 6.07) is 3.85. The fourth-order valence-electron chi connectivity index (χ4n) is 3.04. The predicted octanol–water partition coefficient (Wildman–Crippen LogP) is 5.09. The molecule has 32 heavy (non-hydrogen) atoms. The number of pyridine rings is 1. The molecule has 1 atom stereocenters. The maximum Gasteiger partial charge on any atom is 0.524 e. The van der Waals surface area contributed by atoms with E-state index in [0.29, 0.717) is 23.6 Å². The number of halogens is 5. The van der Waals surface area contributed by atoms with Crippen LogP contribution < -0.4 is 10.0 Å². The highest BCUT2D eigenvalue weighted by molar-refractivity contribution is 7.97. The highest BCUT2D eigenvalue weighted by Crippen LogP contribution is 2.38. The highest BCUT2D eigenvalue weighted by Gasteiger charge is 2.33. The molecule has 0 fully saturated rings. The van der Waals surface area contributed by atoms with Crippen molar-refractivity contribution in [3.8, 4) is 6.07 Å². The van der Waals surface area contributed by atoms with Crippen molar-refractivity contribution in [2.45, 2.75) is 43.8 Å². The van der Waals surface area contributed by atoms with Crippen LogP contribution in [0.15, 0.2) is 23.1 Å². The Morgan fingerprint density at radius 1 is 1.44 bits per heavy atom. The lowest BCUT2D eigenvalue weighted by Gasteiger charge is -2.16. The average molecular weight is 490 g/mol. The first-order valence-electron chi connectivity index (χ1n) is 9.23. The molecule has 3 heterocycles. The molecule has 2 aromatic rings. The third kappa shape index (κ3) is 5.80. The summed E-state index contributed by atoms with van der Waals surface area (Å²) in [6.07, 6.45) is -1.18. The zero-order valence-electron chi connectivity index (χ0n) is 16.5. The van der Waals surface area contributed by atoms with Gasteiger partial charge in [0.05, 0.1) is 15.6 Å². The van der Waals surface area contributed by atoms with Crippen LogP contribution in [0, 0.1) is 17.3 Å². The smallest absolute Gasteiger partial charge is 0.335 e. The van der Waals surface area contributed by atoms with Gasteiger partial charge in [-0.3, -0.25) is 9.53 Å². The summed E-state index contributed by atoms with van der Waals surface area (Å²) in [7, 11) is 0. The van der Waals surface area contributed by atoms with Gasteiger partial charge >= 0.3 is 6.36 Å². The number of hydrogen-bond donors (Lipinski definition) is 2. The number of aromatic nitrogens is 2. The maximum atomic E-state index is 13.6. The Morgan fingerprint density at radius 2 is 2.19 bits per heavy atom. The van der Waals surface area contributed by atoms with Gasteiger partial charge < -0.3 is 9.88 Å². The largest absolute Gasteiger partial charge is 0.524 e. The lowest BCUT2D eigenvalue weighted by molar-refractivity contribution is -0.341. The van der Waals surface area contributed by atoms with Crippen LogP contribution in [0.25, 0.3) is 6.08 Å². The third-order valence-corrected chi connectivity index (χ3v) is 5.79. The average Bonchev–Trinajstić information content (AvgIpc) is 2.81. The van der Waals surface area contributed by atoms with Gasteiger partial charge in [-0.1, -0.05) is 17.7 Å². The van der Waals surface area contributed by atoms with Crippen molar-refractivity contribution in [2.75, 3.05) is 5.32 Å². The van der Waals surface area contributed by atoms with Crippen molar-refractivity contribution in [1.82, 2.24) is 14.3 Å². The first-order valence-corrected chi connectivity index (χ1v) is 10.4. The topological polar surface area (TPSA) is 92.0 Å². The second kappa shape index (κ2) is 9.91. The standard InChI is InChI=1S/C19H16ClF4N5O2S/c1-10(31-19(22,23)24)28-32-17-13-5-3-2-4-6-29(13)16(15(17)20)18(30)27-11-7-12(9-25)26-14(21)8-11/h3,5,7-8,10,28H,2,4,6H2,1H3,(H,26,27,30). The molecular weight excluding hydrogens is 474 g/mol. The monoisotopic (exact) mass is 489 g/mol. The zero-order valence-corrected chi connectivity index (χ0v) is 18.0. The molecule has 0 radical (unpaired) electrons. The quantitative estimate of drug-likeness (QED) is 0.254. The van der Waals surface area contributed by atoms with E-state index in [1.54, 1.807) is 16.7 Å². The van der Waals surface area contributed by atoms with E-state index >= 15 is 0 Å². The second-order valence-corrected chi connectivity index (χ2v) is 7.85. The van der Waals surface area contributed by atoms with Crippen LogP contribution in [0.1, 0.15) is 41.6 Å². The molecule has 13 heteroatoms. The number of nitrogens with zero attached hydrogens (tertiary/aromatic N) is 3. The molecule has 0 saturated heterocycles.